The zero-order valence-electron chi connectivity index (χ0n) is 15.0. The van der Waals surface area contributed by atoms with Crippen molar-refractivity contribution in [1.29, 1.82) is 0 Å². The van der Waals surface area contributed by atoms with E-state index in [9.17, 15) is 4.79 Å². The number of aromatic nitrogens is 2. The van der Waals surface area contributed by atoms with Gasteiger partial charge in [-0.25, -0.2) is 15.8 Å². The number of hydrogen-bond acceptors (Lipinski definition) is 5. The van der Waals surface area contributed by atoms with Crippen LogP contribution in [0.3, 0.4) is 0 Å². The topological polar surface area (TPSA) is 92.9 Å². The molecule has 1 aliphatic carbocycles. The van der Waals surface area contributed by atoms with E-state index in [0.29, 0.717) is 11.5 Å². The van der Waals surface area contributed by atoms with Crippen LogP contribution >= 0.6 is 0 Å². The fourth-order valence-corrected chi connectivity index (χ4v) is 3.21. The lowest BCUT2D eigenvalue weighted by Gasteiger charge is -2.38. The molecule has 1 aromatic carbocycles. The van der Waals surface area contributed by atoms with E-state index in [4.69, 9.17) is 5.84 Å². The quantitative estimate of drug-likeness (QED) is 0.450. The van der Waals surface area contributed by atoms with Gasteiger partial charge in [0.2, 0.25) is 5.95 Å². The number of benzene rings is 1. The van der Waals surface area contributed by atoms with Gasteiger partial charge in [-0.2, -0.15) is 0 Å². The monoisotopic (exact) mass is 341 g/mol. The first-order chi connectivity index (χ1) is 12.2. The molecule has 6 heteroatoms. The Labute approximate surface area is 149 Å². The van der Waals surface area contributed by atoms with E-state index in [1.54, 1.807) is 0 Å². The Morgan fingerprint density at radius 1 is 1.04 bits per heavy atom. The lowest BCUT2D eigenvalue weighted by Crippen LogP contribution is -2.38. The van der Waals surface area contributed by atoms with Gasteiger partial charge in [0.1, 0.15) is 0 Å². The number of anilines is 1. The fraction of sp³-hybridized carbons (Fsp3) is 0.421. The molecule has 0 unspecified atom stereocenters. The van der Waals surface area contributed by atoms with E-state index in [1.165, 1.54) is 37.2 Å². The summed E-state index contributed by atoms with van der Waals surface area (Å²) >= 11 is 0. The highest BCUT2D eigenvalue weighted by Gasteiger charge is 2.34. The summed E-state index contributed by atoms with van der Waals surface area (Å²) < 4.78 is 0. The molecule has 1 aliphatic rings. The van der Waals surface area contributed by atoms with Crippen LogP contribution in [0.5, 0.6) is 0 Å². The van der Waals surface area contributed by atoms with Crippen molar-refractivity contribution in [1.82, 2.24) is 15.4 Å². The van der Waals surface area contributed by atoms with Gasteiger partial charge in [-0.1, -0.05) is 63.4 Å². The van der Waals surface area contributed by atoms with Gasteiger partial charge in [0.05, 0.1) is 11.1 Å². The number of nitrogens with two attached hydrogens (primary N) is 1. The summed E-state index contributed by atoms with van der Waals surface area (Å²) in [6, 6.07) is 10.4. The first-order valence-electron chi connectivity index (χ1n) is 8.90. The van der Waals surface area contributed by atoms with Crippen LogP contribution in [0.1, 0.15) is 61.9 Å². The third-order valence-corrected chi connectivity index (χ3v) is 4.43. The van der Waals surface area contributed by atoms with E-state index in [1.807, 2.05) is 19.9 Å². The molecule has 3 rings (SSSR count). The van der Waals surface area contributed by atoms with Crippen molar-refractivity contribution in [3.05, 3.63) is 53.9 Å². The lowest BCUT2D eigenvalue weighted by atomic mass is 9.76. The van der Waals surface area contributed by atoms with Crippen LogP contribution in [-0.4, -0.2) is 15.9 Å². The second-order valence-electron chi connectivity index (χ2n) is 5.90. The Bertz CT molecular complexity index is 651. The normalized spacial score (nSPS) is 15.5. The maximum Gasteiger partial charge on any atom is 0.268 e. The number of carbonyl (C=O) groups is 1. The predicted molar refractivity (Wildman–Crippen MR) is 99.9 cm³/mol. The Kier molecular flexibility index (Phi) is 6.89. The Hall–Kier alpha value is -2.47. The van der Waals surface area contributed by atoms with Crippen molar-refractivity contribution >= 4 is 11.9 Å². The summed E-state index contributed by atoms with van der Waals surface area (Å²) in [6.45, 7) is 4.00. The molecule has 0 saturated heterocycles. The second kappa shape index (κ2) is 9.13. The number of amides is 1. The third-order valence-electron chi connectivity index (χ3n) is 4.43. The van der Waals surface area contributed by atoms with Gasteiger partial charge >= 0.3 is 0 Å². The van der Waals surface area contributed by atoms with E-state index in [0.717, 1.165) is 12.8 Å². The molecule has 2 aromatic rings. The molecule has 0 spiro atoms. The number of carbonyl (C=O) groups excluding carboxylic acids is 1. The summed E-state index contributed by atoms with van der Waals surface area (Å²) in [6.07, 6.45) is 8.67. The molecule has 1 aromatic heterocycles. The van der Waals surface area contributed by atoms with Crippen LogP contribution in [0.25, 0.3) is 0 Å². The van der Waals surface area contributed by atoms with Crippen molar-refractivity contribution in [2.75, 3.05) is 5.32 Å². The number of hydrazine groups is 1. The maximum absolute atomic E-state index is 11.5. The Morgan fingerprint density at radius 2 is 1.64 bits per heavy atom. The molecule has 4 N–H and O–H groups in total. The van der Waals surface area contributed by atoms with Gasteiger partial charge < -0.3 is 5.32 Å². The summed E-state index contributed by atoms with van der Waals surface area (Å²) in [5, 5.41) is 3.51. The van der Waals surface area contributed by atoms with Crippen molar-refractivity contribution < 1.29 is 4.79 Å². The van der Waals surface area contributed by atoms with Crippen molar-refractivity contribution in [2.24, 2.45) is 5.84 Å². The van der Waals surface area contributed by atoms with Gasteiger partial charge in [-0.05, 0) is 18.4 Å². The smallest absolute Gasteiger partial charge is 0.268 e. The van der Waals surface area contributed by atoms with E-state index in [-0.39, 0.29) is 5.54 Å². The van der Waals surface area contributed by atoms with E-state index in [2.05, 4.69) is 45.0 Å². The number of nitrogens with one attached hydrogen (secondary N) is 2. The molecular formula is C19H27N5O. The largest absolute Gasteiger partial charge is 0.345 e. The van der Waals surface area contributed by atoms with Crippen molar-refractivity contribution in [3.8, 4) is 0 Å². The predicted octanol–water partition coefficient (Wildman–Crippen LogP) is 3.38. The SMILES string of the molecule is CC.NNC(=O)c1cnc(NC2(c3ccccc3)CCCCC2)nc1. The molecule has 0 radical (unpaired) electrons. The fourth-order valence-electron chi connectivity index (χ4n) is 3.21. The minimum atomic E-state index is -0.396. The number of nitrogen functional groups attached to an aromatic ring is 1. The van der Waals surface area contributed by atoms with Crippen LogP contribution in [0.4, 0.5) is 5.95 Å². The van der Waals surface area contributed by atoms with Gasteiger partial charge in [0.15, 0.2) is 0 Å². The average molecular weight is 341 g/mol. The molecule has 0 atom stereocenters. The molecule has 134 valence electrons. The highest BCUT2D eigenvalue weighted by molar-refractivity contribution is 5.93. The lowest BCUT2D eigenvalue weighted by molar-refractivity contribution is 0.0953. The zero-order chi connectivity index (χ0) is 18.1. The van der Waals surface area contributed by atoms with Crippen LogP contribution in [-0.2, 0) is 5.54 Å². The highest BCUT2D eigenvalue weighted by atomic mass is 16.2. The number of nitrogens with zero attached hydrogens (tertiary/aromatic N) is 2. The third kappa shape index (κ3) is 4.54. The molecular weight excluding hydrogens is 314 g/mol. The summed E-state index contributed by atoms with van der Waals surface area (Å²) in [5.41, 5.74) is 3.53. The molecule has 1 fully saturated rings. The van der Waals surface area contributed by atoms with Crippen LogP contribution < -0.4 is 16.6 Å². The maximum atomic E-state index is 11.5. The van der Waals surface area contributed by atoms with Crippen LogP contribution in [0, 0.1) is 0 Å². The van der Waals surface area contributed by atoms with Gasteiger partial charge in [0, 0.05) is 12.4 Å². The average Bonchev–Trinajstić information content (AvgIpc) is 2.71. The van der Waals surface area contributed by atoms with Gasteiger partial charge in [0.25, 0.3) is 5.91 Å². The molecule has 25 heavy (non-hydrogen) atoms. The summed E-state index contributed by atoms with van der Waals surface area (Å²) in [7, 11) is 0. The van der Waals surface area contributed by atoms with E-state index < -0.39 is 5.91 Å². The van der Waals surface area contributed by atoms with Crippen molar-refractivity contribution in [2.45, 2.75) is 51.5 Å². The molecule has 0 bridgehead atoms. The van der Waals surface area contributed by atoms with Crippen LogP contribution in [0.2, 0.25) is 0 Å². The standard InChI is InChI=1S/C17H21N5O.C2H6/c18-22-15(23)13-11-19-16(20-12-13)21-17(9-5-2-6-10-17)14-7-3-1-4-8-14;1-2/h1,3-4,7-8,11-12H,2,5-6,9-10,18H2,(H,22,23)(H,19,20,21);1-2H3. The minimum absolute atomic E-state index is 0.142. The molecule has 0 aliphatic heterocycles. The van der Waals surface area contributed by atoms with Gasteiger partial charge in [-0.3, -0.25) is 10.2 Å². The zero-order valence-corrected chi connectivity index (χ0v) is 15.0. The van der Waals surface area contributed by atoms with Crippen molar-refractivity contribution in [3.63, 3.8) is 0 Å². The molecule has 6 nitrogen and oxygen atoms in total. The van der Waals surface area contributed by atoms with Gasteiger partial charge in [-0.15, -0.1) is 0 Å². The summed E-state index contributed by atoms with van der Waals surface area (Å²) in [4.78, 5) is 20.0. The van der Waals surface area contributed by atoms with Crippen LogP contribution in [0.15, 0.2) is 42.7 Å². The molecule has 1 heterocycles. The molecule has 1 saturated carbocycles. The number of rotatable bonds is 4. The first-order valence-corrected chi connectivity index (χ1v) is 8.90. The first kappa shape index (κ1) is 18.9. The summed E-state index contributed by atoms with van der Waals surface area (Å²) in [5.74, 6) is 5.25. The number of hydrogen-bond donors (Lipinski definition) is 3. The molecule has 1 amide bonds. The Morgan fingerprint density at radius 3 is 2.20 bits per heavy atom. The Balaban J connectivity index is 0.00000109. The minimum Gasteiger partial charge on any atom is -0.345 e. The highest BCUT2D eigenvalue weighted by Crippen LogP contribution is 2.39. The second-order valence-corrected chi connectivity index (χ2v) is 5.90. The van der Waals surface area contributed by atoms with E-state index >= 15 is 0 Å².